The number of hydrogen-bond acceptors (Lipinski definition) is 2. The molecule has 1 spiro atoms. The van der Waals surface area contributed by atoms with Gasteiger partial charge in [0.05, 0.1) is 18.3 Å². The van der Waals surface area contributed by atoms with Crippen LogP contribution in [0.1, 0.15) is 44.1 Å². The Labute approximate surface area is 125 Å². The maximum absolute atomic E-state index is 9.32. The Balaban J connectivity index is 1.54. The molecule has 2 fully saturated rings. The van der Waals surface area contributed by atoms with Crippen LogP contribution in [0.25, 0.3) is 10.9 Å². The van der Waals surface area contributed by atoms with Gasteiger partial charge in [0, 0.05) is 18.3 Å². The summed E-state index contributed by atoms with van der Waals surface area (Å²) in [5.41, 5.74) is 2.39. The van der Waals surface area contributed by atoms with Gasteiger partial charge < -0.3 is 14.4 Å². The van der Waals surface area contributed by atoms with Gasteiger partial charge in [-0.15, -0.1) is 0 Å². The van der Waals surface area contributed by atoms with E-state index in [4.69, 9.17) is 4.74 Å². The highest BCUT2D eigenvalue weighted by atomic mass is 16.5. The number of aliphatic hydroxyl groups excluding tert-OH is 1. The maximum atomic E-state index is 9.32. The highest BCUT2D eigenvalue weighted by molar-refractivity contribution is 5.80. The van der Waals surface area contributed by atoms with Crippen molar-refractivity contribution in [1.82, 2.24) is 4.57 Å². The summed E-state index contributed by atoms with van der Waals surface area (Å²) in [7, 11) is 0. The molecule has 2 heterocycles. The van der Waals surface area contributed by atoms with Crippen LogP contribution in [0.3, 0.4) is 0 Å². The Hall–Kier alpha value is -1.32. The van der Waals surface area contributed by atoms with Crippen LogP contribution in [0.2, 0.25) is 0 Å². The number of rotatable bonds is 3. The molecule has 1 saturated carbocycles. The fourth-order valence-electron chi connectivity index (χ4n) is 4.12. The SMILES string of the molecule is OCc1ccc2ccn(CC3CCC4(CCCC4)O3)c2c1. The number of aliphatic hydroxyl groups is 1. The molecule has 3 heteroatoms. The average molecular weight is 285 g/mol. The summed E-state index contributed by atoms with van der Waals surface area (Å²) in [6.45, 7) is 1.03. The van der Waals surface area contributed by atoms with Crippen molar-refractivity contribution in [1.29, 1.82) is 0 Å². The molecular weight excluding hydrogens is 262 g/mol. The second-order valence-electron chi connectivity index (χ2n) is 6.69. The fourth-order valence-corrected chi connectivity index (χ4v) is 4.12. The Morgan fingerprint density at radius 3 is 2.86 bits per heavy atom. The number of aromatic nitrogens is 1. The molecule has 1 saturated heterocycles. The molecule has 112 valence electrons. The smallest absolute Gasteiger partial charge is 0.0762 e. The van der Waals surface area contributed by atoms with Crippen LogP contribution in [-0.4, -0.2) is 21.4 Å². The summed E-state index contributed by atoms with van der Waals surface area (Å²) >= 11 is 0. The molecule has 2 aliphatic rings. The third-order valence-corrected chi connectivity index (χ3v) is 5.27. The van der Waals surface area contributed by atoms with Crippen molar-refractivity contribution in [3.8, 4) is 0 Å². The van der Waals surface area contributed by atoms with E-state index in [0.717, 1.165) is 12.1 Å². The molecule has 21 heavy (non-hydrogen) atoms. The Morgan fingerprint density at radius 1 is 1.19 bits per heavy atom. The quantitative estimate of drug-likeness (QED) is 0.934. The van der Waals surface area contributed by atoms with E-state index in [0.29, 0.717) is 6.10 Å². The molecule has 1 atom stereocenters. The molecule has 1 aromatic carbocycles. The van der Waals surface area contributed by atoms with Crippen LogP contribution in [-0.2, 0) is 17.9 Å². The van der Waals surface area contributed by atoms with Crippen LogP contribution < -0.4 is 0 Å². The van der Waals surface area contributed by atoms with Crippen LogP contribution in [0.5, 0.6) is 0 Å². The first kappa shape index (κ1) is 13.4. The largest absolute Gasteiger partial charge is 0.392 e. The van der Waals surface area contributed by atoms with E-state index in [2.05, 4.69) is 29.0 Å². The highest BCUT2D eigenvalue weighted by Crippen LogP contribution is 2.43. The van der Waals surface area contributed by atoms with E-state index in [-0.39, 0.29) is 12.2 Å². The van der Waals surface area contributed by atoms with Crippen molar-refractivity contribution in [3.05, 3.63) is 36.0 Å². The van der Waals surface area contributed by atoms with Gasteiger partial charge in [0.25, 0.3) is 0 Å². The van der Waals surface area contributed by atoms with Gasteiger partial charge in [0.15, 0.2) is 0 Å². The van der Waals surface area contributed by atoms with Crippen LogP contribution in [0, 0.1) is 0 Å². The second kappa shape index (κ2) is 5.15. The summed E-state index contributed by atoms with van der Waals surface area (Å²) in [5.74, 6) is 0. The molecule has 1 unspecified atom stereocenters. The molecule has 1 aliphatic heterocycles. The van der Waals surface area contributed by atoms with Gasteiger partial charge in [-0.2, -0.15) is 0 Å². The lowest BCUT2D eigenvalue weighted by atomic mass is 9.98. The van der Waals surface area contributed by atoms with Crippen LogP contribution >= 0.6 is 0 Å². The minimum absolute atomic E-state index is 0.101. The number of hydrogen-bond donors (Lipinski definition) is 1. The molecule has 1 N–H and O–H groups in total. The monoisotopic (exact) mass is 285 g/mol. The van der Waals surface area contributed by atoms with Crippen molar-refractivity contribution >= 4 is 10.9 Å². The summed E-state index contributed by atoms with van der Waals surface area (Å²) in [5, 5.41) is 10.6. The summed E-state index contributed by atoms with van der Waals surface area (Å²) in [4.78, 5) is 0. The van der Waals surface area contributed by atoms with Gasteiger partial charge in [-0.05, 0) is 48.8 Å². The van der Waals surface area contributed by atoms with Gasteiger partial charge in [-0.3, -0.25) is 0 Å². The number of nitrogens with zero attached hydrogens (tertiary/aromatic N) is 1. The van der Waals surface area contributed by atoms with E-state index in [1.54, 1.807) is 0 Å². The summed E-state index contributed by atoms with van der Waals surface area (Å²) in [6.07, 6.45) is 10.1. The zero-order valence-electron chi connectivity index (χ0n) is 12.4. The summed E-state index contributed by atoms with van der Waals surface area (Å²) < 4.78 is 8.70. The van der Waals surface area contributed by atoms with Gasteiger partial charge in [0.2, 0.25) is 0 Å². The third-order valence-electron chi connectivity index (χ3n) is 5.27. The van der Waals surface area contributed by atoms with Gasteiger partial charge >= 0.3 is 0 Å². The number of benzene rings is 1. The third kappa shape index (κ3) is 2.39. The lowest BCUT2D eigenvalue weighted by molar-refractivity contribution is -0.0414. The molecule has 2 aromatic rings. The minimum atomic E-state index is 0.101. The average Bonchev–Trinajstić information content (AvgIpc) is 3.22. The molecule has 3 nitrogen and oxygen atoms in total. The second-order valence-corrected chi connectivity index (χ2v) is 6.69. The normalized spacial score (nSPS) is 24.3. The molecule has 1 aromatic heterocycles. The maximum Gasteiger partial charge on any atom is 0.0762 e. The summed E-state index contributed by atoms with van der Waals surface area (Å²) in [6, 6.07) is 8.32. The van der Waals surface area contributed by atoms with Crippen LogP contribution in [0.15, 0.2) is 30.5 Å². The van der Waals surface area contributed by atoms with Crippen LogP contribution in [0.4, 0.5) is 0 Å². The first-order valence-corrected chi connectivity index (χ1v) is 8.14. The first-order valence-electron chi connectivity index (χ1n) is 8.14. The van der Waals surface area contributed by atoms with E-state index in [9.17, 15) is 5.11 Å². The van der Waals surface area contributed by atoms with E-state index in [1.165, 1.54) is 49.4 Å². The van der Waals surface area contributed by atoms with Crippen molar-refractivity contribution < 1.29 is 9.84 Å². The predicted octanol–water partition coefficient (Wildman–Crippen LogP) is 3.63. The lowest BCUT2D eigenvalue weighted by Gasteiger charge is -2.24. The van der Waals surface area contributed by atoms with E-state index >= 15 is 0 Å². The van der Waals surface area contributed by atoms with Crippen molar-refractivity contribution in [2.75, 3.05) is 0 Å². The molecule has 4 rings (SSSR count). The molecule has 0 bridgehead atoms. The molecule has 1 aliphatic carbocycles. The van der Waals surface area contributed by atoms with Gasteiger partial charge in [-0.1, -0.05) is 25.0 Å². The topological polar surface area (TPSA) is 34.4 Å². The number of ether oxygens (including phenoxy) is 1. The Morgan fingerprint density at radius 2 is 2.05 bits per heavy atom. The van der Waals surface area contributed by atoms with Crippen molar-refractivity contribution in [3.63, 3.8) is 0 Å². The predicted molar refractivity (Wildman–Crippen MR) is 83.2 cm³/mol. The standard InChI is InChI=1S/C18H23NO2/c20-13-14-3-4-15-6-10-19(17(15)11-14)12-16-5-9-18(21-16)7-1-2-8-18/h3-4,6,10-11,16,20H,1-2,5,7-9,12-13H2. The Kier molecular flexibility index (Phi) is 3.27. The zero-order chi connectivity index (χ0) is 14.3. The molecule has 0 radical (unpaired) electrons. The van der Waals surface area contributed by atoms with Crippen molar-refractivity contribution in [2.24, 2.45) is 0 Å². The minimum Gasteiger partial charge on any atom is -0.392 e. The number of fused-ring (bicyclic) bond motifs is 1. The molecule has 0 amide bonds. The molecular formula is C18H23NO2. The van der Waals surface area contributed by atoms with E-state index in [1.807, 2.05) is 6.07 Å². The van der Waals surface area contributed by atoms with Gasteiger partial charge in [-0.25, -0.2) is 0 Å². The van der Waals surface area contributed by atoms with Crippen molar-refractivity contribution in [2.45, 2.75) is 63.4 Å². The fraction of sp³-hybridized carbons (Fsp3) is 0.556. The Bertz CT molecular complexity index is 640. The van der Waals surface area contributed by atoms with E-state index < -0.39 is 0 Å². The zero-order valence-corrected chi connectivity index (χ0v) is 12.4. The lowest BCUT2D eigenvalue weighted by Crippen LogP contribution is -2.26. The first-order chi connectivity index (χ1) is 10.3. The van der Waals surface area contributed by atoms with Gasteiger partial charge in [0.1, 0.15) is 0 Å². The highest BCUT2D eigenvalue weighted by Gasteiger charge is 2.42.